The van der Waals surface area contributed by atoms with E-state index in [1.54, 1.807) is 0 Å². The Bertz CT molecular complexity index is 649. The molecule has 4 heteroatoms. The van der Waals surface area contributed by atoms with Crippen LogP contribution in [0.2, 0.25) is 0 Å². The Morgan fingerprint density at radius 3 is 3.05 bits per heavy atom. The van der Waals surface area contributed by atoms with Crippen molar-refractivity contribution in [1.29, 1.82) is 0 Å². The van der Waals surface area contributed by atoms with Crippen LogP contribution < -0.4 is 5.56 Å². The van der Waals surface area contributed by atoms with Crippen molar-refractivity contribution in [2.24, 2.45) is 5.92 Å². The number of nitrogens with one attached hydrogen (secondary N) is 1. The molecule has 3 rings (SSSR count). The average Bonchev–Trinajstić information content (AvgIpc) is 2.64. The average molecular weight is 271 g/mol. The summed E-state index contributed by atoms with van der Waals surface area (Å²) >= 11 is 0. The summed E-state index contributed by atoms with van der Waals surface area (Å²) in [5, 5.41) is 0.667. The van der Waals surface area contributed by atoms with Gasteiger partial charge in [-0.3, -0.25) is 9.69 Å². The lowest BCUT2D eigenvalue weighted by Gasteiger charge is -2.19. The number of aromatic amines is 1. The van der Waals surface area contributed by atoms with Gasteiger partial charge in [0.15, 0.2) is 0 Å². The van der Waals surface area contributed by atoms with E-state index < -0.39 is 0 Å². The SMILES string of the molecule is C[C@H]1CCCN(Cc2nc3ccccc3c(=O)[nH]2)CC1. The molecule has 1 fully saturated rings. The van der Waals surface area contributed by atoms with Gasteiger partial charge in [0.1, 0.15) is 5.82 Å². The second kappa shape index (κ2) is 5.75. The molecule has 1 N–H and O–H groups in total. The van der Waals surface area contributed by atoms with Crippen LogP contribution in [0.1, 0.15) is 32.0 Å². The molecule has 0 unspecified atom stereocenters. The summed E-state index contributed by atoms with van der Waals surface area (Å²) in [7, 11) is 0. The van der Waals surface area contributed by atoms with Crippen LogP contribution in [0, 0.1) is 5.92 Å². The number of para-hydroxylation sites is 1. The van der Waals surface area contributed by atoms with Gasteiger partial charge in [-0.1, -0.05) is 19.1 Å². The van der Waals surface area contributed by atoms with E-state index in [4.69, 9.17) is 0 Å². The zero-order chi connectivity index (χ0) is 13.9. The molecule has 1 saturated heterocycles. The van der Waals surface area contributed by atoms with E-state index in [1.807, 2.05) is 24.3 Å². The highest BCUT2D eigenvalue weighted by Gasteiger charge is 2.15. The quantitative estimate of drug-likeness (QED) is 0.913. The molecule has 1 atom stereocenters. The summed E-state index contributed by atoms with van der Waals surface area (Å²) in [6.07, 6.45) is 3.77. The number of hydrogen-bond acceptors (Lipinski definition) is 3. The van der Waals surface area contributed by atoms with Crippen LogP contribution in [0.5, 0.6) is 0 Å². The summed E-state index contributed by atoms with van der Waals surface area (Å²) in [6, 6.07) is 7.51. The lowest BCUT2D eigenvalue weighted by Crippen LogP contribution is -2.26. The van der Waals surface area contributed by atoms with Crippen molar-refractivity contribution in [2.45, 2.75) is 32.7 Å². The van der Waals surface area contributed by atoms with E-state index in [1.165, 1.54) is 19.3 Å². The first kappa shape index (κ1) is 13.3. The minimum atomic E-state index is -0.0335. The fourth-order valence-electron chi connectivity index (χ4n) is 2.90. The Morgan fingerprint density at radius 2 is 2.15 bits per heavy atom. The van der Waals surface area contributed by atoms with Gasteiger partial charge in [0.25, 0.3) is 5.56 Å². The van der Waals surface area contributed by atoms with Crippen LogP contribution in [-0.4, -0.2) is 28.0 Å². The molecule has 4 nitrogen and oxygen atoms in total. The Kier molecular flexibility index (Phi) is 3.83. The van der Waals surface area contributed by atoms with Gasteiger partial charge in [-0.05, 0) is 50.4 Å². The molecule has 106 valence electrons. The predicted molar refractivity (Wildman–Crippen MR) is 80.7 cm³/mol. The van der Waals surface area contributed by atoms with Crippen LogP contribution in [-0.2, 0) is 6.54 Å². The first-order valence-electron chi connectivity index (χ1n) is 7.42. The summed E-state index contributed by atoms with van der Waals surface area (Å²) in [5.74, 6) is 1.59. The van der Waals surface area contributed by atoms with Crippen LogP contribution in [0.15, 0.2) is 29.1 Å². The van der Waals surface area contributed by atoms with E-state index in [0.717, 1.165) is 36.9 Å². The number of fused-ring (bicyclic) bond motifs is 1. The molecule has 0 bridgehead atoms. The summed E-state index contributed by atoms with van der Waals surface area (Å²) in [5.41, 5.74) is 0.753. The third kappa shape index (κ3) is 2.90. The number of rotatable bonds is 2. The van der Waals surface area contributed by atoms with E-state index in [0.29, 0.717) is 5.39 Å². The first-order chi connectivity index (χ1) is 9.72. The van der Waals surface area contributed by atoms with Crippen molar-refractivity contribution >= 4 is 10.9 Å². The van der Waals surface area contributed by atoms with Crippen molar-refractivity contribution in [3.63, 3.8) is 0 Å². The Balaban J connectivity index is 1.82. The van der Waals surface area contributed by atoms with Crippen LogP contribution in [0.3, 0.4) is 0 Å². The van der Waals surface area contributed by atoms with Crippen LogP contribution >= 0.6 is 0 Å². The molecule has 0 saturated carbocycles. The number of hydrogen-bond donors (Lipinski definition) is 1. The van der Waals surface area contributed by atoms with Crippen molar-refractivity contribution < 1.29 is 0 Å². The normalized spacial score (nSPS) is 20.9. The molecule has 0 amide bonds. The maximum absolute atomic E-state index is 12.0. The molecule has 1 aromatic carbocycles. The smallest absolute Gasteiger partial charge is 0.258 e. The minimum absolute atomic E-state index is 0.0335. The van der Waals surface area contributed by atoms with E-state index in [9.17, 15) is 4.79 Å². The highest BCUT2D eigenvalue weighted by atomic mass is 16.1. The number of benzene rings is 1. The molecule has 2 heterocycles. The minimum Gasteiger partial charge on any atom is -0.309 e. The Morgan fingerprint density at radius 1 is 1.30 bits per heavy atom. The maximum Gasteiger partial charge on any atom is 0.258 e. The number of H-pyrrole nitrogens is 1. The summed E-state index contributed by atoms with van der Waals surface area (Å²) in [6.45, 7) is 5.25. The monoisotopic (exact) mass is 271 g/mol. The van der Waals surface area contributed by atoms with Crippen molar-refractivity contribution in [1.82, 2.24) is 14.9 Å². The highest BCUT2D eigenvalue weighted by molar-refractivity contribution is 5.77. The topological polar surface area (TPSA) is 49.0 Å². The van der Waals surface area contributed by atoms with E-state index >= 15 is 0 Å². The fourth-order valence-corrected chi connectivity index (χ4v) is 2.90. The molecule has 0 spiro atoms. The number of nitrogens with zero attached hydrogens (tertiary/aromatic N) is 2. The molecular formula is C16H21N3O. The zero-order valence-corrected chi connectivity index (χ0v) is 11.9. The molecule has 1 aromatic heterocycles. The van der Waals surface area contributed by atoms with Gasteiger partial charge in [0, 0.05) is 0 Å². The molecular weight excluding hydrogens is 250 g/mol. The molecule has 1 aliphatic rings. The molecule has 2 aromatic rings. The Hall–Kier alpha value is -1.68. The van der Waals surface area contributed by atoms with Gasteiger partial charge in [0.2, 0.25) is 0 Å². The summed E-state index contributed by atoms with van der Waals surface area (Å²) in [4.78, 5) is 21.9. The predicted octanol–water partition coefficient (Wildman–Crippen LogP) is 2.55. The van der Waals surface area contributed by atoms with E-state index in [2.05, 4.69) is 21.8 Å². The van der Waals surface area contributed by atoms with Gasteiger partial charge >= 0.3 is 0 Å². The third-order valence-electron chi connectivity index (χ3n) is 4.14. The number of aromatic nitrogens is 2. The molecule has 0 radical (unpaired) electrons. The largest absolute Gasteiger partial charge is 0.309 e. The standard InChI is InChI=1S/C16H21N3O/c1-12-5-4-9-19(10-8-12)11-15-17-14-7-3-2-6-13(14)16(20)18-15/h2-3,6-7,12H,4-5,8-11H2,1H3,(H,17,18,20)/t12-/m0/s1. The van der Waals surface area contributed by atoms with Gasteiger partial charge in [0.05, 0.1) is 17.4 Å². The molecule has 20 heavy (non-hydrogen) atoms. The van der Waals surface area contributed by atoms with Crippen molar-refractivity contribution in [3.8, 4) is 0 Å². The van der Waals surface area contributed by atoms with Crippen LogP contribution in [0.25, 0.3) is 10.9 Å². The highest BCUT2D eigenvalue weighted by Crippen LogP contribution is 2.17. The second-order valence-corrected chi connectivity index (χ2v) is 5.84. The van der Waals surface area contributed by atoms with Gasteiger partial charge in [-0.2, -0.15) is 0 Å². The number of likely N-dealkylation sites (tertiary alicyclic amines) is 1. The first-order valence-corrected chi connectivity index (χ1v) is 7.42. The third-order valence-corrected chi connectivity index (χ3v) is 4.14. The van der Waals surface area contributed by atoms with Crippen molar-refractivity contribution in [3.05, 3.63) is 40.4 Å². The lowest BCUT2D eigenvalue weighted by molar-refractivity contribution is 0.267. The Labute approximate surface area is 118 Å². The molecule has 1 aliphatic heterocycles. The maximum atomic E-state index is 12.0. The summed E-state index contributed by atoms with van der Waals surface area (Å²) < 4.78 is 0. The van der Waals surface area contributed by atoms with Crippen LogP contribution in [0.4, 0.5) is 0 Å². The molecule has 0 aliphatic carbocycles. The van der Waals surface area contributed by atoms with Crippen molar-refractivity contribution in [2.75, 3.05) is 13.1 Å². The van der Waals surface area contributed by atoms with Gasteiger partial charge < -0.3 is 4.98 Å². The lowest BCUT2D eigenvalue weighted by atomic mass is 10.0. The van der Waals surface area contributed by atoms with Gasteiger partial charge in [-0.25, -0.2) is 4.98 Å². The fraction of sp³-hybridized carbons (Fsp3) is 0.500. The zero-order valence-electron chi connectivity index (χ0n) is 11.9. The second-order valence-electron chi connectivity index (χ2n) is 5.84. The van der Waals surface area contributed by atoms with Gasteiger partial charge in [-0.15, -0.1) is 0 Å². The van der Waals surface area contributed by atoms with E-state index in [-0.39, 0.29) is 5.56 Å².